The zero-order valence-corrected chi connectivity index (χ0v) is 12.0. The van der Waals surface area contributed by atoms with Crippen molar-refractivity contribution in [3.05, 3.63) is 45.3 Å². The molecule has 0 unspecified atom stereocenters. The Labute approximate surface area is 114 Å². The van der Waals surface area contributed by atoms with Crippen LogP contribution < -0.4 is 5.43 Å². The number of hydrogen-bond acceptors (Lipinski definition) is 3. The second-order valence-corrected chi connectivity index (χ2v) is 6.60. The summed E-state index contributed by atoms with van der Waals surface area (Å²) in [6.07, 6.45) is 0. The molecule has 0 bridgehead atoms. The fourth-order valence-electron chi connectivity index (χ4n) is 1.67. The number of benzene rings is 1. The van der Waals surface area contributed by atoms with E-state index >= 15 is 0 Å². The van der Waals surface area contributed by atoms with E-state index < -0.39 is 0 Å². The Kier molecular flexibility index (Phi) is 3.36. The van der Waals surface area contributed by atoms with E-state index in [9.17, 15) is 4.79 Å². The largest absolute Gasteiger partial charge is 0.461 e. The SMILES string of the molecule is Cc1cc(=O)c2c(C#N)ccc(C(Br)Br)c2o1. The van der Waals surface area contributed by atoms with Crippen LogP contribution in [0.3, 0.4) is 0 Å². The van der Waals surface area contributed by atoms with Gasteiger partial charge >= 0.3 is 0 Å². The van der Waals surface area contributed by atoms with Gasteiger partial charge in [-0.2, -0.15) is 5.26 Å². The Hall–Kier alpha value is -1.12. The van der Waals surface area contributed by atoms with E-state index in [4.69, 9.17) is 9.68 Å². The highest BCUT2D eigenvalue weighted by Gasteiger charge is 2.15. The number of nitrogens with zero attached hydrogens (tertiary/aromatic N) is 1. The Morgan fingerprint density at radius 3 is 2.71 bits per heavy atom. The molecule has 0 aliphatic carbocycles. The van der Waals surface area contributed by atoms with Gasteiger partial charge in [-0.25, -0.2) is 0 Å². The molecular formula is C12H7Br2NO2. The van der Waals surface area contributed by atoms with Crippen molar-refractivity contribution in [3.8, 4) is 6.07 Å². The minimum absolute atomic E-state index is 0.129. The summed E-state index contributed by atoms with van der Waals surface area (Å²) in [5, 5.41) is 9.34. The van der Waals surface area contributed by atoms with Gasteiger partial charge < -0.3 is 4.42 Å². The fourth-order valence-corrected chi connectivity index (χ4v) is 2.39. The van der Waals surface area contributed by atoms with Gasteiger partial charge in [0.25, 0.3) is 0 Å². The molecule has 5 heteroatoms. The molecule has 3 nitrogen and oxygen atoms in total. The van der Waals surface area contributed by atoms with Crippen LogP contribution in [0.25, 0.3) is 11.0 Å². The van der Waals surface area contributed by atoms with E-state index in [1.165, 1.54) is 6.07 Å². The highest BCUT2D eigenvalue weighted by molar-refractivity contribution is 9.24. The normalized spacial score (nSPS) is 10.8. The maximum absolute atomic E-state index is 11.9. The van der Waals surface area contributed by atoms with Crippen molar-refractivity contribution in [2.24, 2.45) is 0 Å². The molecule has 0 saturated heterocycles. The number of rotatable bonds is 1. The van der Waals surface area contributed by atoms with Crippen LogP contribution in [0, 0.1) is 18.3 Å². The van der Waals surface area contributed by atoms with Crippen LogP contribution in [0.2, 0.25) is 0 Å². The first-order chi connectivity index (χ1) is 8.04. The fraction of sp³-hybridized carbons (Fsp3) is 0.167. The van der Waals surface area contributed by atoms with Gasteiger partial charge in [-0.1, -0.05) is 37.9 Å². The summed E-state index contributed by atoms with van der Waals surface area (Å²) in [5.74, 6) is 0.527. The molecule has 0 amide bonds. The smallest absolute Gasteiger partial charge is 0.194 e. The van der Waals surface area contributed by atoms with Crippen LogP contribution in [0.1, 0.15) is 20.6 Å². The van der Waals surface area contributed by atoms with Crippen molar-refractivity contribution in [2.45, 2.75) is 10.7 Å². The van der Waals surface area contributed by atoms with Crippen molar-refractivity contribution in [1.82, 2.24) is 0 Å². The summed E-state index contributed by atoms with van der Waals surface area (Å²) in [4.78, 5) is 11.9. The zero-order chi connectivity index (χ0) is 12.6. The first kappa shape index (κ1) is 12.3. The quantitative estimate of drug-likeness (QED) is 0.731. The van der Waals surface area contributed by atoms with Gasteiger partial charge in [0.2, 0.25) is 0 Å². The highest BCUT2D eigenvalue weighted by atomic mass is 79.9. The summed E-state index contributed by atoms with van der Waals surface area (Å²) in [7, 11) is 0. The molecule has 0 aliphatic rings. The number of aryl methyl sites for hydroxylation is 1. The van der Waals surface area contributed by atoms with Crippen LogP contribution >= 0.6 is 31.9 Å². The molecule has 0 saturated carbocycles. The van der Waals surface area contributed by atoms with Gasteiger partial charge in [-0.05, 0) is 13.0 Å². The molecule has 0 radical (unpaired) electrons. The molecule has 0 atom stereocenters. The Bertz CT molecular complexity index is 683. The van der Waals surface area contributed by atoms with E-state index in [0.29, 0.717) is 22.3 Å². The lowest BCUT2D eigenvalue weighted by Gasteiger charge is -2.07. The standard InChI is InChI=1S/C12H7Br2NO2/c1-6-4-9(16)10-7(5-15)2-3-8(12(13)14)11(10)17-6/h2-4,12H,1H3. The lowest BCUT2D eigenvalue weighted by molar-refractivity contribution is 0.562. The summed E-state index contributed by atoms with van der Waals surface area (Å²) in [6, 6.07) is 6.78. The Morgan fingerprint density at radius 2 is 2.12 bits per heavy atom. The first-order valence-corrected chi connectivity index (χ1v) is 6.63. The molecular weight excluding hydrogens is 350 g/mol. The lowest BCUT2D eigenvalue weighted by atomic mass is 10.1. The van der Waals surface area contributed by atoms with Crippen molar-refractivity contribution < 1.29 is 4.42 Å². The van der Waals surface area contributed by atoms with Gasteiger partial charge in [0, 0.05) is 11.6 Å². The van der Waals surface area contributed by atoms with Gasteiger partial charge in [0.15, 0.2) is 5.43 Å². The Balaban J connectivity index is 3.02. The molecule has 2 aromatic rings. The van der Waals surface area contributed by atoms with Crippen molar-refractivity contribution in [3.63, 3.8) is 0 Å². The molecule has 2 rings (SSSR count). The van der Waals surface area contributed by atoms with Gasteiger partial charge in [-0.15, -0.1) is 0 Å². The van der Waals surface area contributed by atoms with E-state index in [1.807, 2.05) is 6.07 Å². The van der Waals surface area contributed by atoms with Crippen molar-refractivity contribution in [1.29, 1.82) is 5.26 Å². The molecule has 1 aromatic heterocycles. The number of nitriles is 1. The molecule has 0 aliphatic heterocycles. The molecule has 1 aromatic carbocycles. The minimum Gasteiger partial charge on any atom is -0.461 e. The van der Waals surface area contributed by atoms with Crippen LogP contribution in [0.15, 0.2) is 27.4 Å². The summed E-state index contributed by atoms with van der Waals surface area (Å²) in [5.41, 5.74) is 1.38. The van der Waals surface area contributed by atoms with Crippen molar-refractivity contribution >= 4 is 42.8 Å². The second kappa shape index (κ2) is 4.63. The van der Waals surface area contributed by atoms with Crippen LogP contribution in [0.5, 0.6) is 0 Å². The van der Waals surface area contributed by atoms with Gasteiger partial charge in [0.05, 0.1) is 14.7 Å². The van der Waals surface area contributed by atoms with Crippen molar-refractivity contribution in [2.75, 3.05) is 0 Å². The first-order valence-electron chi connectivity index (χ1n) is 4.80. The number of fused-ring (bicyclic) bond motifs is 1. The molecule has 0 N–H and O–H groups in total. The average Bonchev–Trinajstić information content (AvgIpc) is 2.26. The average molecular weight is 357 g/mol. The third-order valence-electron chi connectivity index (χ3n) is 2.39. The molecule has 0 spiro atoms. The maximum Gasteiger partial charge on any atom is 0.194 e. The van der Waals surface area contributed by atoms with Crippen LogP contribution in [-0.2, 0) is 0 Å². The molecule has 1 heterocycles. The van der Waals surface area contributed by atoms with E-state index in [-0.39, 0.29) is 9.17 Å². The number of alkyl halides is 2. The monoisotopic (exact) mass is 355 g/mol. The topological polar surface area (TPSA) is 54.0 Å². The highest BCUT2D eigenvalue weighted by Crippen LogP contribution is 2.34. The van der Waals surface area contributed by atoms with Crippen LogP contribution in [-0.4, -0.2) is 0 Å². The number of halogens is 2. The lowest BCUT2D eigenvalue weighted by Crippen LogP contribution is -2.04. The van der Waals surface area contributed by atoms with E-state index in [1.54, 1.807) is 19.1 Å². The second-order valence-electron chi connectivity index (χ2n) is 3.54. The predicted octanol–water partition coefficient (Wildman–Crippen LogP) is 3.76. The summed E-state index contributed by atoms with van der Waals surface area (Å²) in [6.45, 7) is 1.71. The molecule has 86 valence electrons. The van der Waals surface area contributed by atoms with Crippen LogP contribution in [0.4, 0.5) is 0 Å². The Morgan fingerprint density at radius 1 is 1.41 bits per heavy atom. The van der Waals surface area contributed by atoms with Gasteiger partial charge in [-0.3, -0.25) is 4.79 Å². The zero-order valence-electron chi connectivity index (χ0n) is 8.83. The molecule has 0 fully saturated rings. The van der Waals surface area contributed by atoms with E-state index in [2.05, 4.69) is 31.9 Å². The van der Waals surface area contributed by atoms with E-state index in [0.717, 1.165) is 5.56 Å². The predicted molar refractivity (Wildman–Crippen MR) is 72.5 cm³/mol. The third-order valence-corrected chi connectivity index (χ3v) is 3.37. The van der Waals surface area contributed by atoms with Gasteiger partial charge in [0.1, 0.15) is 17.4 Å². The molecule has 17 heavy (non-hydrogen) atoms. The summed E-state index contributed by atoms with van der Waals surface area (Å²) < 4.78 is 5.44. The minimum atomic E-state index is -0.192. The maximum atomic E-state index is 11.9. The third kappa shape index (κ3) is 2.15. The summed E-state index contributed by atoms with van der Waals surface area (Å²) >= 11 is 6.74. The number of hydrogen-bond donors (Lipinski definition) is 0.